The van der Waals surface area contributed by atoms with Crippen molar-refractivity contribution in [3.8, 4) is 11.5 Å². The lowest BCUT2D eigenvalue weighted by molar-refractivity contribution is -0.384. The third kappa shape index (κ3) is 4.68. The molecule has 1 aliphatic heterocycles. The van der Waals surface area contributed by atoms with Crippen LogP contribution in [-0.4, -0.2) is 22.7 Å². The minimum atomic E-state index is -0.457. The van der Waals surface area contributed by atoms with E-state index in [0.29, 0.717) is 28.6 Å². The van der Waals surface area contributed by atoms with Crippen LogP contribution < -0.4 is 14.8 Å². The van der Waals surface area contributed by atoms with Gasteiger partial charge >= 0.3 is 0 Å². The van der Waals surface area contributed by atoms with Gasteiger partial charge in [-0.3, -0.25) is 25.0 Å². The first-order chi connectivity index (χ1) is 13.5. The van der Waals surface area contributed by atoms with Crippen molar-refractivity contribution in [1.82, 2.24) is 5.32 Å². The number of amides is 2. The molecule has 0 aromatic heterocycles. The first kappa shape index (κ1) is 19.4. The van der Waals surface area contributed by atoms with Gasteiger partial charge in [0.05, 0.1) is 16.4 Å². The van der Waals surface area contributed by atoms with Crippen molar-refractivity contribution < 1.29 is 24.0 Å². The predicted octanol–water partition coefficient (Wildman–Crippen LogP) is 3.90. The highest BCUT2D eigenvalue weighted by atomic mass is 32.2. The Labute approximate surface area is 164 Å². The first-order valence-electron chi connectivity index (χ1n) is 8.34. The molecular formula is C19H16N2O6S. The number of benzene rings is 2. The van der Waals surface area contributed by atoms with Crippen molar-refractivity contribution in [2.75, 3.05) is 6.61 Å². The molecule has 144 valence electrons. The highest BCUT2D eigenvalue weighted by molar-refractivity contribution is 8.18. The van der Waals surface area contributed by atoms with E-state index in [0.717, 1.165) is 17.3 Å². The van der Waals surface area contributed by atoms with Gasteiger partial charge in [-0.15, -0.1) is 0 Å². The number of imide groups is 1. The fourth-order valence-corrected chi connectivity index (χ4v) is 3.13. The van der Waals surface area contributed by atoms with E-state index in [1.807, 2.05) is 6.92 Å². The second kappa shape index (κ2) is 8.57. The Hall–Kier alpha value is -3.33. The van der Waals surface area contributed by atoms with Crippen LogP contribution in [0, 0.1) is 10.1 Å². The molecule has 0 aliphatic carbocycles. The van der Waals surface area contributed by atoms with Crippen molar-refractivity contribution >= 4 is 34.7 Å². The SMILES string of the molecule is CCOc1cc(C=C2SC(=O)NC2=O)ccc1OCc1ccc([N+](=O)[O-])cc1. The Balaban J connectivity index is 1.75. The number of hydrogen-bond donors (Lipinski definition) is 1. The summed E-state index contributed by atoms with van der Waals surface area (Å²) in [6.07, 6.45) is 1.60. The Kier molecular flexibility index (Phi) is 5.95. The summed E-state index contributed by atoms with van der Waals surface area (Å²) >= 11 is 0.844. The molecular weight excluding hydrogens is 384 g/mol. The molecule has 28 heavy (non-hydrogen) atoms. The average Bonchev–Trinajstić information content (AvgIpc) is 2.98. The summed E-state index contributed by atoms with van der Waals surface area (Å²) in [5.41, 5.74) is 1.48. The summed E-state index contributed by atoms with van der Waals surface area (Å²) in [5.74, 6) is 0.571. The van der Waals surface area contributed by atoms with Gasteiger partial charge in [0, 0.05) is 12.1 Å². The zero-order valence-corrected chi connectivity index (χ0v) is 15.7. The van der Waals surface area contributed by atoms with Crippen LogP contribution in [0.5, 0.6) is 11.5 Å². The van der Waals surface area contributed by atoms with Gasteiger partial charge in [-0.25, -0.2) is 0 Å². The highest BCUT2D eigenvalue weighted by Gasteiger charge is 2.25. The largest absolute Gasteiger partial charge is 0.490 e. The number of rotatable bonds is 7. The third-order valence-corrected chi connectivity index (χ3v) is 4.56. The summed E-state index contributed by atoms with van der Waals surface area (Å²) in [6, 6.07) is 11.3. The molecule has 1 fully saturated rings. The normalized spacial score (nSPS) is 14.8. The second-order valence-corrected chi connectivity index (χ2v) is 6.72. The zero-order valence-electron chi connectivity index (χ0n) is 14.8. The number of non-ortho nitro benzene ring substituents is 1. The topological polar surface area (TPSA) is 108 Å². The number of carbonyl (C=O) groups excluding carboxylic acids is 2. The zero-order chi connectivity index (χ0) is 20.1. The van der Waals surface area contributed by atoms with E-state index in [1.54, 1.807) is 36.4 Å². The standard InChI is InChI=1S/C19H16N2O6S/c1-2-26-16-9-13(10-17-18(22)20-19(23)28-17)5-8-15(16)27-11-12-3-6-14(7-4-12)21(24)25/h3-10H,2,11H2,1H3,(H,20,22,23). The summed E-state index contributed by atoms with van der Waals surface area (Å²) in [6.45, 7) is 2.47. The van der Waals surface area contributed by atoms with Gasteiger partial charge in [0.1, 0.15) is 6.61 Å². The molecule has 0 bridgehead atoms. The molecule has 0 unspecified atom stereocenters. The van der Waals surface area contributed by atoms with Crippen LogP contribution in [0.25, 0.3) is 6.08 Å². The Morgan fingerprint density at radius 2 is 1.86 bits per heavy atom. The maximum absolute atomic E-state index is 11.7. The van der Waals surface area contributed by atoms with E-state index in [9.17, 15) is 19.7 Å². The Morgan fingerprint density at radius 3 is 2.46 bits per heavy atom. The molecule has 0 atom stereocenters. The van der Waals surface area contributed by atoms with Crippen LogP contribution in [0.3, 0.4) is 0 Å². The molecule has 2 aromatic carbocycles. The van der Waals surface area contributed by atoms with Gasteiger partial charge in [0.15, 0.2) is 11.5 Å². The van der Waals surface area contributed by atoms with Gasteiger partial charge in [-0.05, 0) is 60.2 Å². The van der Waals surface area contributed by atoms with Crippen LogP contribution in [0.4, 0.5) is 10.5 Å². The molecule has 3 rings (SSSR count). The summed E-state index contributed by atoms with van der Waals surface area (Å²) in [4.78, 5) is 33.5. The second-order valence-electron chi connectivity index (χ2n) is 5.70. The maximum atomic E-state index is 11.7. The van der Waals surface area contributed by atoms with E-state index in [4.69, 9.17) is 9.47 Å². The van der Waals surface area contributed by atoms with Crippen molar-refractivity contribution in [3.05, 3.63) is 68.6 Å². The van der Waals surface area contributed by atoms with Gasteiger partial charge in [-0.1, -0.05) is 6.07 Å². The van der Waals surface area contributed by atoms with Crippen molar-refractivity contribution in [2.45, 2.75) is 13.5 Å². The van der Waals surface area contributed by atoms with E-state index in [2.05, 4.69) is 5.32 Å². The molecule has 8 nitrogen and oxygen atoms in total. The molecule has 1 heterocycles. The Morgan fingerprint density at radius 1 is 1.11 bits per heavy atom. The molecule has 0 spiro atoms. The van der Waals surface area contributed by atoms with Crippen LogP contribution in [-0.2, 0) is 11.4 Å². The highest BCUT2D eigenvalue weighted by Crippen LogP contribution is 2.32. The number of nitro groups is 1. The number of nitrogens with zero attached hydrogens (tertiary/aromatic N) is 1. The molecule has 0 radical (unpaired) electrons. The minimum absolute atomic E-state index is 0.0171. The molecule has 2 aromatic rings. The summed E-state index contributed by atoms with van der Waals surface area (Å²) < 4.78 is 11.4. The number of thioether (sulfide) groups is 1. The van der Waals surface area contributed by atoms with Crippen molar-refractivity contribution in [2.24, 2.45) is 0 Å². The van der Waals surface area contributed by atoms with E-state index in [1.165, 1.54) is 12.1 Å². The fourth-order valence-electron chi connectivity index (χ4n) is 2.45. The number of nitrogens with one attached hydrogen (secondary N) is 1. The molecule has 9 heteroatoms. The lowest BCUT2D eigenvalue weighted by Gasteiger charge is -2.13. The minimum Gasteiger partial charge on any atom is -0.490 e. The van der Waals surface area contributed by atoms with Gasteiger partial charge in [-0.2, -0.15) is 0 Å². The van der Waals surface area contributed by atoms with Crippen molar-refractivity contribution in [3.63, 3.8) is 0 Å². The smallest absolute Gasteiger partial charge is 0.290 e. The molecule has 0 saturated carbocycles. The van der Waals surface area contributed by atoms with E-state index >= 15 is 0 Å². The van der Waals surface area contributed by atoms with E-state index < -0.39 is 16.1 Å². The number of ether oxygens (including phenoxy) is 2. The molecule has 1 N–H and O–H groups in total. The number of nitro benzene ring substituents is 1. The average molecular weight is 400 g/mol. The molecule has 1 aliphatic rings. The molecule has 1 saturated heterocycles. The van der Waals surface area contributed by atoms with Crippen LogP contribution in [0.2, 0.25) is 0 Å². The van der Waals surface area contributed by atoms with Crippen LogP contribution in [0.15, 0.2) is 47.4 Å². The monoisotopic (exact) mass is 400 g/mol. The molecule has 2 amide bonds. The lowest BCUT2D eigenvalue weighted by Crippen LogP contribution is -2.17. The quantitative estimate of drug-likeness (QED) is 0.427. The number of hydrogen-bond acceptors (Lipinski definition) is 7. The van der Waals surface area contributed by atoms with Gasteiger partial charge in [0.25, 0.3) is 16.8 Å². The maximum Gasteiger partial charge on any atom is 0.290 e. The van der Waals surface area contributed by atoms with Crippen LogP contribution in [0.1, 0.15) is 18.1 Å². The predicted molar refractivity (Wildman–Crippen MR) is 104 cm³/mol. The first-order valence-corrected chi connectivity index (χ1v) is 9.15. The van der Waals surface area contributed by atoms with Crippen molar-refractivity contribution in [1.29, 1.82) is 0 Å². The third-order valence-electron chi connectivity index (χ3n) is 3.75. The Bertz CT molecular complexity index is 955. The fraction of sp³-hybridized carbons (Fsp3) is 0.158. The van der Waals surface area contributed by atoms with E-state index in [-0.39, 0.29) is 12.3 Å². The lowest BCUT2D eigenvalue weighted by atomic mass is 10.1. The van der Waals surface area contributed by atoms with Gasteiger partial charge < -0.3 is 9.47 Å². The summed E-state index contributed by atoms with van der Waals surface area (Å²) in [5, 5.41) is 12.5. The van der Waals surface area contributed by atoms with Gasteiger partial charge in [0.2, 0.25) is 0 Å². The van der Waals surface area contributed by atoms with Crippen LogP contribution >= 0.6 is 11.8 Å². The number of carbonyl (C=O) groups is 2. The summed E-state index contributed by atoms with van der Waals surface area (Å²) in [7, 11) is 0.